The monoisotopic (exact) mass is 364 g/mol. The molecule has 0 aliphatic carbocycles. The van der Waals surface area contributed by atoms with E-state index < -0.39 is 11.7 Å². The van der Waals surface area contributed by atoms with Crippen LogP contribution in [0.1, 0.15) is 26.3 Å². The van der Waals surface area contributed by atoms with Crippen LogP contribution in [0.2, 0.25) is 0 Å². The van der Waals surface area contributed by atoms with Gasteiger partial charge in [0.2, 0.25) is 0 Å². The van der Waals surface area contributed by atoms with E-state index in [0.717, 1.165) is 0 Å². The summed E-state index contributed by atoms with van der Waals surface area (Å²) in [6.07, 6.45) is -4.35. The third kappa shape index (κ3) is 3.72. The molecule has 2 nitrogen and oxygen atoms in total. The van der Waals surface area contributed by atoms with E-state index in [1.165, 1.54) is 6.07 Å². The maximum Gasteiger partial charge on any atom is 0.418 e. The lowest BCUT2D eigenvalue weighted by Crippen LogP contribution is -2.58. The summed E-state index contributed by atoms with van der Waals surface area (Å²) >= 11 is 3.14. The Balaban J connectivity index is 2.47. The molecule has 118 valence electrons. The van der Waals surface area contributed by atoms with Crippen molar-refractivity contribution in [3.8, 4) is 0 Å². The predicted octanol–water partition coefficient (Wildman–Crippen LogP) is 4.29. The number of benzene rings is 1. The van der Waals surface area contributed by atoms with Gasteiger partial charge in [-0.2, -0.15) is 13.2 Å². The molecule has 1 saturated heterocycles. The molecule has 2 atom stereocenters. The zero-order valence-corrected chi connectivity index (χ0v) is 13.9. The van der Waals surface area contributed by atoms with Gasteiger partial charge in [0.05, 0.1) is 5.56 Å². The second-order valence-corrected chi connectivity index (χ2v) is 6.85. The van der Waals surface area contributed by atoms with Gasteiger partial charge < -0.3 is 10.2 Å². The molecule has 2 unspecified atom stereocenters. The summed E-state index contributed by atoms with van der Waals surface area (Å²) in [5.41, 5.74) is -0.297. The molecule has 0 radical (unpaired) electrons. The summed E-state index contributed by atoms with van der Waals surface area (Å²) in [5, 5.41) is 3.35. The van der Waals surface area contributed by atoms with E-state index in [1.54, 1.807) is 12.1 Å². The first-order chi connectivity index (χ1) is 9.70. The Kier molecular flexibility index (Phi) is 4.88. The van der Waals surface area contributed by atoms with Crippen LogP contribution >= 0.6 is 15.9 Å². The van der Waals surface area contributed by atoms with E-state index in [9.17, 15) is 13.2 Å². The molecule has 2 rings (SSSR count). The Morgan fingerprint density at radius 2 is 2.00 bits per heavy atom. The van der Waals surface area contributed by atoms with E-state index >= 15 is 0 Å². The van der Waals surface area contributed by atoms with Crippen molar-refractivity contribution in [2.24, 2.45) is 5.92 Å². The average Bonchev–Trinajstić information content (AvgIpc) is 2.37. The fourth-order valence-electron chi connectivity index (χ4n) is 2.79. The van der Waals surface area contributed by atoms with Crippen molar-refractivity contribution < 1.29 is 13.2 Å². The molecule has 1 N–H and O–H groups in total. The van der Waals surface area contributed by atoms with Gasteiger partial charge >= 0.3 is 6.18 Å². The third-order valence-corrected chi connectivity index (χ3v) is 4.38. The molecular formula is C15H20BrF3N2. The lowest BCUT2D eigenvalue weighted by molar-refractivity contribution is -0.137. The van der Waals surface area contributed by atoms with Crippen molar-refractivity contribution in [1.82, 2.24) is 5.32 Å². The highest BCUT2D eigenvalue weighted by molar-refractivity contribution is 9.10. The van der Waals surface area contributed by atoms with Crippen molar-refractivity contribution in [1.29, 1.82) is 0 Å². The van der Waals surface area contributed by atoms with E-state index in [4.69, 9.17) is 0 Å². The molecular weight excluding hydrogens is 345 g/mol. The molecule has 0 bridgehead atoms. The van der Waals surface area contributed by atoms with Crippen LogP contribution in [0.25, 0.3) is 0 Å². The SMILES string of the molecule is CC1CN(c2ccc(Br)cc2C(F)(F)F)C(C(C)C)CN1. The predicted molar refractivity (Wildman–Crippen MR) is 82.6 cm³/mol. The van der Waals surface area contributed by atoms with E-state index in [-0.39, 0.29) is 23.7 Å². The largest absolute Gasteiger partial charge is 0.418 e. The fourth-order valence-corrected chi connectivity index (χ4v) is 3.15. The molecule has 1 aliphatic heterocycles. The van der Waals surface area contributed by atoms with Crippen LogP contribution in [0.5, 0.6) is 0 Å². The van der Waals surface area contributed by atoms with Gasteiger partial charge in [-0.3, -0.25) is 0 Å². The molecule has 0 aromatic heterocycles. The first-order valence-electron chi connectivity index (χ1n) is 7.07. The molecule has 1 aromatic rings. The maximum atomic E-state index is 13.3. The maximum absolute atomic E-state index is 13.3. The molecule has 0 spiro atoms. The molecule has 1 fully saturated rings. The standard InChI is InChI=1S/C15H20BrF3N2/c1-9(2)14-7-20-10(3)8-21(14)13-5-4-11(16)6-12(13)15(17,18)19/h4-6,9-10,14,20H,7-8H2,1-3H3. The van der Waals surface area contributed by atoms with Crippen molar-refractivity contribution in [3.63, 3.8) is 0 Å². The summed E-state index contributed by atoms with van der Waals surface area (Å²) in [6.45, 7) is 7.36. The first-order valence-corrected chi connectivity index (χ1v) is 7.86. The third-order valence-electron chi connectivity index (χ3n) is 3.89. The smallest absolute Gasteiger partial charge is 0.365 e. The molecule has 1 aliphatic rings. The topological polar surface area (TPSA) is 15.3 Å². The lowest BCUT2D eigenvalue weighted by Gasteiger charge is -2.44. The van der Waals surface area contributed by atoms with E-state index in [1.807, 2.05) is 25.7 Å². The van der Waals surface area contributed by atoms with Gasteiger partial charge in [0.25, 0.3) is 0 Å². The van der Waals surface area contributed by atoms with Crippen molar-refractivity contribution >= 4 is 21.6 Å². The summed E-state index contributed by atoms with van der Waals surface area (Å²) in [6, 6.07) is 4.64. The Bertz CT molecular complexity index is 502. The van der Waals surface area contributed by atoms with Crippen LogP contribution in [0.15, 0.2) is 22.7 Å². The number of nitrogens with zero attached hydrogens (tertiary/aromatic N) is 1. The minimum atomic E-state index is -4.35. The van der Waals surface area contributed by atoms with Crippen molar-refractivity contribution in [3.05, 3.63) is 28.2 Å². The molecule has 1 heterocycles. The number of alkyl halides is 3. The van der Waals surface area contributed by atoms with Crippen LogP contribution in [0, 0.1) is 5.92 Å². The molecule has 6 heteroatoms. The highest BCUT2D eigenvalue weighted by atomic mass is 79.9. The minimum Gasteiger partial charge on any atom is -0.365 e. The fraction of sp³-hybridized carbons (Fsp3) is 0.600. The van der Waals surface area contributed by atoms with Crippen LogP contribution in [0.3, 0.4) is 0 Å². The Hall–Kier alpha value is -0.750. The Labute approximate surface area is 131 Å². The summed E-state index contributed by atoms with van der Waals surface area (Å²) in [7, 11) is 0. The van der Waals surface area contributed by atoms with E-state index in [0.29, 0.717) is 17.6 Å². The normalized spacial score (nSPS) is 23.7. The zero-order valence-electron chi connectivity index (χ0n) is 12.3. The number of halogens is 4. The van der Waals surface area contributed by atoms with Crippen molar-refractivity contribution in [2.75, 3.05) is 18.0 Å². The van der Waals surface area contributed by atoms with Crippen LogP contribution < -0.4 is 10.2 Å². The first kappa shape index (κ1) is 16.6. The van der Waals surface area contributed by atoms with Gasteiger partial charge in [-0.05, 0) is 31.0 Å². The average molecular weight is 365 g/mol. The molecule has 1 aromatic carbocycles. The quantitative estimate of drug-likeness (QED) is 0.841. The highest BCUT2D eigenvalue weighted by Crippen LogP contribution is 2.39. The number of rotatable bonds is 2. The van der Waals surface area contributed by atoms with Crippen LogP contribution in [-0.4, -0.2) is 25.2 Å². The van der Waals surface area contributed by atoms with Gasteiger partial charge in [-0.25, -0.2) is 0 Å². The molecule has 0 saturated carbocycles. The van der Waals surface area contributed by atoms with Gasteiger partial charge in [-0.1, -0.05) is 29.8 Å². The Morgan fingerprint density at radius 3 is 2.57 bits per heavy atom. The number of nitrogens with one attached hydrogen (secondary N) is 1. The molecule has 0 amide bonds. The lowest BCUT2D eigenvalue weighted by atomic mass is 9.96. The second-order valence-electron chi connectivity index (χ2n) is 5.93. The number of hydrogen-bond acceptors (Lipinski definition) is 2. The van der Waals surface area contributed by atoms with Gasteiger partial charge in [-0.15, -0.1) is 0 Å². The zero-order chi connectivity index (χ0) is 15.8. The van der Waals surface area contributed by atoms with Crippen LogP contribution in [0.4, 0.5) is 18.9 Å². The van der Waals surface area contributed by atoms with Crippen LogP contribution in [-0.2, 0) is 6.18 Å². The summed E-state index contributed by atoms with van der Waals surface area (Å²) in [5.74, 6) is 0.273. The molecule has 21 heavy (non-hydrogen) atoms. The summed E-state index contributed by atoms with van der Waals surface area (Å²) in [4.78, 5) is 1.90. The highest BCUT2D eigenvalue weighted by Gasteiger charge is 2.38. The Morgan fingerprint density at radius 1 is 1.33 bits per heavy atom. The second kappa shape index (κ2) is 6.16. The minimum absolute atomic E-state index is 0.0588. The number of piperazine rings is 1. The van der Waals surface area contributed by atoms with Crippen molar-refractivity contribution in [2.45, 2.75) is 39.0 Å². The number of anilines is 1. The van der Waals surface area contributed by atoms with Gasteiger partial charge in [0.1, 0.15) is 0 Å². The summed E-state index contributed by atoms with van der Waals surface area (Å²) < 4.78 is 40.5. The van der Waals surface area contributed by atoms with E-state index in [2.05, 4.69) is 21.2 Å². The number of hydrogen-bond donors (Lipinski definition) is 1. The van der Waals surface area contributed by atoms with Gasteiger partial charge in [0.15, 0.2) is 0 Å². The van der Waals surface area contributed by atoms with Gasteiger partial charge in [0, 0.05) is 35.3 Å².